The van der Waals surface area contributed by atoms with Gasteiger partial charge in [-0.25, -0.2) is 0 Å². The van der Waals surface area contributed by atoms with Gasteiger partial charge in [0.15, 0.2) is 0 Å². The molecule has 0 unspecified atom stereocenters. The minimum Gasteiger partial charge on any atom is -0.373 e. The summed E-state index contributed by atoms with van der Waals surface area (Å²) in [6, 6.07) is 10.6. The van der Waals surface area contributed by atoms with Gasteiger partial charge in [0.2, 0.25) is 11.8 Å². The van der Waals surface area contributed by atoms with E-state index in [1.165, 1.54) is 18.4 Å². The fourth-order valence-corrected chi connectivity index (χ4v) is 4.76. The summed E-state index contributed by atoms with van der Waals surface area (Å²) in [6.07, 6.45) is 7.02. The van der Waals surface area contributed by atoms with Crippen LogP contribution in [0.4, 0.5) is 0 Å². The lowest BCUT2D eigenvalue weighted by molar-refractivity contribution is -0.138. The molecule has 5 nitrogen and oxygen atoms in total. The molecule has 0 spiro atoms. The summed E-state index contributed by atoms with van der Waals surface area (Å²) >= 11 is 0. The van der Waals surface area contributed by atoms with Crippen molar-refractivity contribution in [1.29, 1.82) is 0 Å². The molecule has 1 aromatic rings. The summed E-state index contributed by atoms with van der Waals surface area (Å²) in [5.41, 5.74) is 1.19. The van der Waals surface area contributed by atoms with Crippen LogP contribution in [0.25, 0.3) is 0 Å². The standard InChI is InChI=1S/C22H30N2O3/c25-21-14-18(15-24(21)19-8-4-5-9-19)22(26)23-12-10-20(11-13-23)27-16-17-6-2-1-3-7-17/h1-3,6-7,18-20H,4-5,8-16H2/t18-/m0/s1. The fourth-order valence-electron chi connectivity index (χ4n) is 4.76. The topological polar surface area (TPSA) is 49.9 Å². The van der Waals surface area contributed by atoms with Crippen LogP contribution in [0.2, 0.25) is 0 Å². The van der Waals surface area contributed by atoms with Crippen molar-refractivity contribution in [2.45, 2.75) is 63.7 Å². The zero-order valence-electron chi connectivity index (χ0n) is 16.0. The average molecular weight is 370 g/mol. The maximum Gasteiger partial charge on any atom is 0.227 e. The molecule has 2 heterocycles. The van der Waals surface area contributed by atoms with Crippen LogP contribution in [0.3, 0.4) is 0 Å². The van der Waals surface area contributed by atoms with E-state index in [2.05, 4.69) is 12.1 Å². The van der Waals surface area contributed by atoms with Gasteiger partial charge in [-0.05, 0) is 31.2 Å². The molecule has 0 radical (unpaired) electrons. The van der Waals surface area contributed by atoms with Crippen molar-refractivity contribution in [3.63, 3.8) is 0 Å². The summed E-state index contributed by atoms with van der Waals surface area (Å²) < 4.78 is 6.02. The van der Waals surface area contributed by atoms with Crippen molar-refractivity contribution in [3.8, 4) is 0 Å². The second-order valence-electron chi connectivity index (χ2n) is 8.21. The van der Waals surface area contributed by atoms with Gasteiger partial charge in [0, 0.05) is 32.1 Å². The van der Waals surface area contributed by atoms with E-state index in [0.29, 0.717) is 25.6 Å². The Hall–Kier alpha value is -1.88. The molecular formula is C22H30N2O3. The Balaban J connectivity index is 1.23. The number of nitrogens with zero attached hydrogens (tertiary/aromatic N) is 2. The lowest BCUT2D eigenvalue weighted by Gasteiger charge is -2.33. The molecule has 5 heteroatoms. The molecule has 2 aliphatic heterocycles. The number of hydrogen-bond donors (Lipinski definition) is 0. The molecule has 3 fully saturated rings. The molecule has 1 aromatic carbocycles. The molecule has 1 atom stereocenters. The second kappa shape index (κ2) is 8.42. The van der Waals surface area contributed by atoms with E-state index in [9.17, 15) is 9.59 Å². The first-order valence-electron chi connectivity index (χ1n) is 10.4. The number of rotatable bonds is 5. The summed E-state index contributed by atoms with van der Waals surface area (Å²) in [5.74, 6) is 0.214. The summed E-state index contributed by atoms with van der Waals surface area (Å²) in [7, 11) is 0. The molecule has 3 aliphatic rings. The number of benzene rings is 1. The van der Waals surface area contributed by atoms with Gasteiger partial charge in [-0.15, -0.1) is 0 Å². The molecule has 27 heavy (non-hydrogen) atoms. The number of amides is 2. The number of carbonyl (C=O) groups excluding carboxylic acids is 2. The van der Waals surface area contributed by atoms with Crippen molar-refractivity contribution in [2.75, 3.05) is 19.6 Å². The highest BCUT2D eigenvalue weighted by atomic mass is 16.5. The number of carbonyl (C=O) groups is 2. The van der Waals surface area contributed by atoms with E-state index < -0.39 is 0 Å². The van der Waals surface area contributed by atoms with Crippen LogP contribution in [0.1, 0.15) is 50.5 Å². The molecule has 0 N–H and O–H groups in total. The minimum atomic E-state index is -0.139. The lowest BCUT2D eigenvalue weighted by Crippen LogP contribution is -2.44. The zero-order valence-corrected chi connectivity index (χ0v) is 16.0. The van der Waals surface area contributed by atoms with Gasteiger partial charge in [0.05, 0.1) is 18.6 Å². The molecule has 1 aliphatic carbocycles. The van der Waals surface area contributed by atoms with Gasteiger partial charge in [-0.2, -0.15) is 0 Å². The predicted octanol–water partition coefficient (Wildman–Crippen LogP) is 2.99. The smallest absolute Gasteiger partial charge is 0.227 e. The molecule has 4 rings (SSSR count). The highest BCUT2D eigenvalue weighted by Crippen LogP contribution is 2.30. The highest BCUT2D eigenvalue weighted by molar-refractivity contribution is 5.89. The Kier molecular flexibility index (Phi) is 5.77. The third-order valence-electron chi connectivity index (χ3n) is 6.36. The third-order valence-corrected chi connectivity index (χ3v) is 6.36. The highest BCUT2D eigenvalue weighted by Gasteiger charge is 2.40. The van der Waals surface area contributed by atoms with Crippen LogP contribution in [0.15, 0.2) is 30.3 Å². The monoisotopic (exact) mass is 370 g/mol. The maximum absolute atomic E-state index is 12.9. The maximum atomic E-state index is 12.9. The van der Waals surface area contributed by atoms with Gasteiger partial charge in [0.1, 0.15) is 0 Å². The SMILES string of the molecule is O=C([C@H]1CC(=O)N(C2CCCC2)C1)N1CCC(OCc2ccccc2)CC1. The average Bonchev–Trinajstić information content (AvgIpc) is 3.36. The minimum absolute atomic E-state index is 0.139. The fraction of sp³-hybridized carbons (Fsp3) is 0.636. The first-order valence-corrected chi connectivity index (χ1v) is 10.4. The van der Waals surface area contributed by atoms with E-state index in [1.54, 1.807) is 0 Å². The molecule has 0 aromatic heterocycles. The molecule has 146 valence electrons. The van der Waals surface area contributed by atoms with Crippen molar-refractivity contribution in [1.82, 2.24) is 9.80 Å². The van der Waals surface area contributed by atoms with Gasteiger partial charge in [-0.1, -0.05) is 43.2 Å². The summed E-state index contributed by atoms with van der Waals surface area (Å²) in [5, 5.41) is 0. The van der Waals surface area contributed by atoms with Crippen molar-refractivity contribution < 1.29 is 14.3 Å². The number of piperidine rings is 1. The zero-order chi connectivity index (χ0) is 18.6. The number of likely N-dealkylation sites (tertiary alicyclic amines) is 2. The molecule has 0 bridgehead atoms. The van der Waals surface area contributed by atoms with Crippen LogP contribution < -0.4 is 0 Å². The lowest BCUT2D eigenvalue weighted by atomic mass is 10.0. The molecule has 2 amide bonds. The van der Waals surface area contributed by atoms with Gasteiger partial charge >= 0.3 is 0 Å². The Morgan fingerprint density at radius 3 is 2.44 bits per heavy atom. The largest absolute Gasteiger partial charge is 0.373 e. The van der Waals surface area contributed by atoms with Crippen molar-refractivity contribution in [2.24, 2.45) is 5.92 Å². The van der Waals surface area contributed by atoms with Crippen LogP contribution >= 0.6 is 0 Å². The van der Waals surface area contributed by atoms with Crippen LogP contribution in [0.5, 0.6) is 0 Å². The van der Waals surface area contributed by atoms with E-state index in [4.69, 9.17) is 4.74 Å². The first kappa shape index (κ1) is 18.5. The summed E-state index contributed by atoms with van der Waals surface area (Å²) in [4.78, 5) is 29.2. The Morgan fingerprint density at radius 2 is 1.74 bits per heavy atom. The van der Waals surface area contributed by atoms with Crippen molar-refractivity contribution >= 4 is 11.8 Å². The normalized spacial score (nSPS) is 24.7. The van der Waals surface area contributed by atoms with Crippen LogP contribution in [0, 0.1) is 5.92 Å². The van der Waals surface area contributed by atoms with Gasteiger partial charge in [0.25, 0.3) is 0 Å². The number of hydrogen-bond acceptors (Lipinski definition) is 3. The van der Waals surface area contributed by atoms with Crippen LogP contribution in [-0.2, 0) is 20.9 Å². The quantitative estimate of drug-likeness (QED) is 0.801. The summed E-state index contributed by atoms with van der Waals surface area (Å²) in [6.45, 7) is 2.75. The predicted molar refractivity (Wildman–Crippen MR) is 103 cm³/mol. The second-order valence-corrected chi connectivity index (χ2v) is 8.21. The molecular weight excluding hydrogens is 340 g/mol. The van der Waals surface area contributed by atoms with Gasteiger partial charge < -0.3 is 14.5 Å². The number of ether oxygens (including phenoxy) is 1. The van der Waals surface area contributed by atoms with E-state index in [1.807, 2.05) is 28.0 Å². The Labute approximate surface area is 161 Å². The first-order chi connectivity index (χ1) is 13.2. The van der Waals surface area contributed by atoms with E-state index in [0.717, 1.165) is 38.8 Å². The van der Waals surface area contributed by atoms with Crippen LogP contribution in [-0.4, -0.2) is 53.4 Å². The van der Waals surface area contributed by atoms with Gasteiger partial charge in [-0.3, -0.25) is 9.59 Å². The van der Waals surface area contributed by atoms with E-state index >= 15 is 0 Å². The third kappa shape index (κ3) is 4.34. The van der Waals surface area contributed by atoms with E-state index in [-0.39, 0.29) is 23.8 Å². The van der Waals surface area contributed by atoms with Crippen molar-refractivity contribution in [3.05, 3.63) is 35.9 Å². The molecule has 1 saturated carbocycles. The Morgan fingerprint density at radius 1 is 1.04 bits per heavy atom. The Bertz CT molecular complexity index is 649. The molecule has 2 saturated heterocycles.